The molecule has 0 bridgehead atoms. The van der Waals surface area contributed by atoms with Crippen LogP contribution >= 0.6 is 11.8 Å². The molecule has 0 saturated carbocycles. The van der Waals surface area contributed by atoms with Gasteiger partial charge in [0.2, 0.25) is 0 Å². The molecule has 90 valence electrons. The highest BCUT2D eigenvalue weighted by Gasteiger charge is 2.38. The highest BCUT2D eigenvalue weighted by atomic mass is 32.2. The van der Waals surface area contributed by atoms with Gasteiger partial charge in [-0.1, -0.05) is 6.92 Å². The van der Waals surface area contributed by atoms with E-state index in [9.17, 15) is 0 Å². The molecule has 1 aliphatic rings. The van der Waals surface area contributed by atoms with Crippen LogP contribution in [0.5, 0.6) is 0 Å². The van der Waals surface area contributed by atoms with Gasteiger partial charge in [0.1, 0.15) is 5.41 Å². The van der Waals surface area contributed by atoms with Crippen LogP contribution in [-0.2, 0) is 4.74 Å². The molecule has 0 amide bonds. The number of rotatable bonds is 5. The number of thioether (sulfide) groups is 1. The van der Waals surface area contributed by atoms with Crippen molar-refractivity contribution in [3.63, 3.8) is 0 Å². The Morgan fingerprint density at radius 2 is 2.12 bits per heavy atom. The Labute approximate surface area is 106 Å². The highest BCUT2D eigenvalue weighted by Crippen LogP contribution is 2.27. The number of nitrogens with zero attached hydrogens (tertiary/aromatic N) is 1. The van der Waals surface area contributed by atoms with Crippen LogP contribution in [-0.4, -0.2) is 25.5 Å². The molecular weight excluding hydrogens is 232 g/mol. The molecule has 3 nitrogen and oxygen atoms in total. The van der Waals surface area contributed by atoms with E-state index in [1.54, 1.807) is 0 Å². The Morgan fingerprint density at radius 3 is 2.59 bits per heavy atom. The summed E-state index contributed by atoms with van der Waals surface area (Å²) in [6, 6.07) is 10.6. The summed E-state index contributed by atoms with van der Waals surface area (Å²) in [7, 11) is 0. The van der Waals surface area contributed by atoms with E-state index in [4.69, 9.17) is 10.00 Å². The van der Waals surface area contributed by atoms with Crippen molar-refractivity contribution in [2.24, 2.45) is 5.41 Å². The topological polar surface area (TPSA) is 45.0 Å². The van der Waals surface area contributed by atoms with Gasteiger partial charge in [0.15, 0.2) is 0 Å². The van der Waals surface area contributed by atoms with Gasteiger partial charge in [-0.05, 0) is 30.0 Å². The lowest BCUT2D eigenvalue weighted by molar-refractivity contribution is -0.0690. The molecule has 4 heteroatoms. The Morgan fingerprint density at radius 1 is 1.41 bits per heavy atom. The van der Waals surface area contributed by atoms with E-state index in [1.807, 2.05) is 11.8 Å². The maximum absolute atomic E-state index is 9.06. The number of ether oxygens (including phenoxy) is 1. The third-order valence-electron chi connectivity index (χ3n) is 2.79. The summed E-state index contributed by atoms with van der Waals surface area (Å²) < 4.78 is 5.10. The van der Waals surface area contributed by atoms with Crippen LogP contribution in [0, 0.1) is 16.7 Å². The molecule has 0 unspecified atom stereocenters. The number of benzene rings is 1. The molecular formula is C13H16N2OS. The fraction of sp³-hybridized carbons (Fsp3) is 0.462. The minimum atomic E-state index is -0.323. The lowest BCUT2D eigenvalue weighted by Crippen LogP contribution is -2.46. The molecule has 1 saturated heterocycles. The Bertz CT molecular complexity index is 406. The summed E-state index contributed by atoms with van der Waals surface area (Å²) in [4.78, 5) is 1.28. The average Bonchev–Trinajstić information content (AvgIpc) is 2.31. The van der Waals surface area contributed by atoms with Crippen LogP contribution in [0.4, 0.5) is 5.69 Å². The summed E-state index contributed by atoms with van der Waals surface area (Å²) in [5.74, 6) is 1.08. The lowest BCUT2D eigenvalue weighted by atomic mass is 9.88. The number of nitrogens with one attached hydrogen (secondary N) is 1. The Hall–Kier alpha value is -1.18. The molecule has 0 aromatic heterocycles. The van der Waals surface area contributed by atoms with Crippen molar-refractivity contribution in [3.8, 4) is 6.07 Å². The molecule has 1 fully saturated rings. The molecule has 0 atom stereocenters. The van der Waals surface area contributed by atoms with Gasteiger partial charge in [0.05, 0.1) is 19.3 Å². The summed E-state index contributed by atoms with van der Waals surface area (Å²) in [5.41, 5.74) is 0.739. The largest absolute Gasteiger partial charge is 0.383 e. The number of hydrogen-bond donors (Lipinski definition) is 1. The second kappa shape index (κ2) is 5.44. The molecule has 0 aliphatic carbocycles. The molecule has 0 spiro atoms. The van der Waals surface area contributed by atoms with E-state index in [2.05, 4.69) is 42.6 Å². The van der Waals surface area contributed by atoms with Crippen LogP contribution in [0.3, 0.4) is 0 Å². The van der Waals surface area contributed by atoms with Crippen molar-refractivity contribution in [1.82, 2.24) is 0 Å². The van der Waals surface area contributed by atoms with Crippen molar-refractivity contribution in [2.75, 3.05) is 30.8 Å². The monoisotopic (exact) mass is 248 g/mol. The number of hydrogen-bond acceptors (Lipinski definition) is 4. The molecule has 1 aromatic carbocycles. The van der Waals surface area contributed by atoms with Crippen molar-refractivity contribution in [2.45, 2.75) is 11.8 Å². The second-order valence-electron chi connectivity index (χ2n) is 4.20. The first-order valence-electron chi connectivity index (χ1n) is 5.74. The first-order chi connectivity index (χ1) is 8.28. The van der Waals surface area contributed by atoms with Gasteiger partial charge in [0, 0.05) is 17.1 Å². The van der Waals surface area contributed by atoms with Crippen molar-refractivity contribution < 1.29 is 4.74 Å². The van der Waals surface area contributed by atoms with Crippen molar-refractivity contribution in [1.29, 1.82) is 5.26 Å². The lowest BCUT2D eigenvalue weighted by Gasteiger charge is -2.35. The van der Waals surface area contributed by atoms with Crippen LogP contribution < -0.4 is 5.32 Å². The van der Waals surface area contributed by atoms with Crippen LogP contribution in [0.15, 0.2) is 29.2 Å². The Kier molecular flexibility index (Phi) is 3.93. The molecule has 17 heavy (non-hydrogen) atoms. The van der Waals surface area contributed by atoms with Gasteiger partial charge >= 0.3 is 0 Å². The smallest absolute Gasteiger partial charge is 0.121 e. The Balaban J connectivity index is 1.89. The minimum absolute atomic E-state index is 0.323. The number of anilines is 1. The first-order valence-corrected chi connectivity index (χ1v) is 6.72. The van der Waals surface area contributed by atoms with Crippen molar-refractivity contribution >= 4 is 17.4 Å². The fourth-order valence-electron chi connectivity index (χ4n) is 1.66. The van der Waals surface area contributed by atoms with Gasteiger partial charge in [-0.3, -0.25) is 0 Å². The maximum Gasteiger partial charge on any atom is 0.121 e. The predicted octanol–water partition coefficient (Wildman–Crippen LogP) is 2.75. The van der Waals surface area contributed by atoms with E-state index in [1.165, 1.54) is 4.90 Å². The van der Waals surface area contributed by atoms with Crippen LogP contribution in [0.1, 0.15) is 6.92 Å². The quantitative estimate of drug-likeness (QED) is 0.814. The molecule has 1 aliphatic heterocycles. The third kappa shape index (κ3) is 2.93. The minimum Gasteiger partial charge on any atom is -0.383 e. The van der Waals surface area contributed by atoms with Crippen molar-refractivity contribution in [3.05, 3.63) is 24.3 Å². The first kappa shape index (κ1) is 12.3. The van der Waals surface area contributed by atoms with E-state index < -0.39 is 0 Å². The summed E-state index contributed by atoms with van der Waals surface area (Å²) >= 11 is 1.83. The summed E-state index contributed by atoms with van der Waals surface area (Å²) in [6.45, 7) is 3.88. The molecule has 0 radical (unpaired) electrons. The van der Waals surface area contributed by atoms with Crippen LogP contribution in [0.2, 0.25) is 0 Å². The number of nitriles is 1. The van der Waals surface area contributed by atoms with E-state index in [-0.39, 0.29) is 5.41 Å². The SMILES string of the molecule is CCSc1ccc(NCC2(C#N)COC2)cc1. The predicted molar refractivity (Wildman–Crippen MR) is 70.2 cm³/mol. The van der Waals surface area contributed by atoms with Crippen LogP contribution in [0.25, 0.3) is 0 Å². The maximum atomic E-state index is 9.06. The van der Waals surface area contributed by atoms with Gasteiger partial charge < -0.3 is 10.1 Å². The van der Waals surface area contributed by atoms with Gasteiger partial charge in [0.25, 0.3) is 0 Å². The summed E-state index contributed by atoms with van der Waals surface area (Å²) in [5, 5.41) is 12.4. The zero-order valence-corrected chi connectivity index (χ0v) is 10.7. The van der Waals surface area contributed by atoms with E-state index >= 15 is 0 Å². The van der Waals surface area contributed by atoms with E-state index in [0.717, 1.165) is 11.4 Å². The van der Waals surface area contributed by atoms with Gasteiger partial charge in [-0.2, -0.15) is 5.26 Å². The van der Waals surface area contributed by atoms with Gasteiger partial charge in [-0.15, -0.1) is 11.8 Å². The molecule has 1 heterocycles. The average molecular weight is 248 g/mol. The molecule has 2 rings (SSSR count). The normalized spacial score (nSPS) is 16.9. The molecule has 1 N–H and O–H groups in total. The highest BCUT2D eigenvalue weighted by molar-refractivity contribution is 7.99. The standard InChI is InChI=1S/C13H16N2OS/c1-2-17-12-5-3-11(4-6-12)15-8-13(7-14)9-16-10-13/h3-6,15H,2,8-10H2,1H3. The zero-order valence-electron chi connectivity index (χ0n) is 9.90. The molecule has 1 aromatic rings. The zero-order chi connectivity index (χ0) is 12.1. The van der Waals surface area contributed by atoms with Gasteiger partial charge in [-0.25, -0.2) is 0 Å². The third-order valence-corrected chi connectivity index (χ3v) is 3.68. The summed E-state index contributed by atoms with van der Waals surface area (Å²) in [6.07, 6.45) is 0. The second-order valence-corrected chi connectivity index (χ2v) is 5.53. The van der Waals surface area contributed by atoms with E-state index in [0.29, 0.717) is 19.8 Å². The fourth-order valence-corrected chi connectivity index (χ4v) is 2.32.